The van der Waals surface area contributed by atoms with Crippen LogP contribution in [0.4, 0.5) is 0 Å². The van der Waals surface area contributed by atoms with Crippen molar-refractivity contribution in [2.24, 2.45) is 11.8 Å². The Kier molecular flexibility index (Phi) is 3.18. The number of hydrogen-bond donors (Lipinski definition) is 1. The Morgan fingerprint density at radius 1 is 1.31 bits per heavy atom. The third-order valence-corrected chi connectivity index (χ3v) is 4.53. The lowest BCUT2D eigenvalue weighted by molar-refractivity contribution is 0.0775. The van der Waals surface area contributed by atoms with Gasteiger partial charge in [0, 0.05) is 24.5 Å². The van der Waals surface area contributed by atoms with Crippen molar-refractivity contribution in [3.63, 3.8) is 0 Å². The van der Waals surface area contributed by atoms with Gasteiger partial charge in [-0.1, -0.05) is 6.92 Å². The molecule has 3 nitrogen and oxygen atoms in total. The van der Waals surface area contributed by atoms with Crippen molar-refractivity contribution < 1.29 is 9.47 Å². The van der Waals surface area contributed by atoms with Crippen LogP contribution in [0.2, 0.25) is 0 Å². The first kappa shape index (κ1) is 11.0. The van der Waals surface area contributed by atoms with Gasteiger partial charge in [-0.15, -0.1) is 0 Å². The maximum atomic E-state index is 5.99. The van der Waals surface area contributed by atoms with Crippen molar-refractivity contribution in [2.75, 3.05) is 19.8 Å². The Balaban J connectivity index is 1.67. The summed E-state index contributed by atoms with van der Waals surface area (Å²) in [4.78, 5) is 0. The molecule has 3 heterocycles. The van der Waals surface area contributed by atoms with E-state index in [0.29, 0.717) is 24.2 Å². The molecule has 0 aromatic rings. The van der Waals surface area contributed by atoms with E-state index >= 15 is 0 Å². The summed E-state index contributed by atoms with van der Waals surface area (Å²) in [6.45, 7) is 5.17. The molecule has 0 spiro atoms. The Bertz CT molecular complexity index is 240. The number of rotatable bonds is 4. The van der Waals surface area contributed by atoms with Crippen LogP contribution >= 0.6 is 0 Å². The molecule has 3 rings (SSSR count). The number of hydrogen-bond acceptors (Lipinski definition) is 3. The second-order valence-corrected chi connectivity index (χ2v) is 5.48. The molecule has 0 aromatic carbocycles. The average Bonchev–Trinajstić information content (AvgIpc) is 3.01. The lowest BCUT2D eigenvalue weighted by Gasteiger charge is -2.32. The molecule has 0 aliphatic carbocycles. The topological polar surface area (TPSA) is 30.5 Å². The molecule has 3 saturated heterocycles. The summed E-state index contributed by atoms with van der Waals surface area (Å²) in [6, 6.07) is 0.628. The number of fused-ring (bicyclic) bond motifs is 2. The van der Waals surface area contributed by atoms with Gasteiger partial charge in [0.2, 0.25) is 0 Å². The molecular weight excluding hydrogens is 202 g/mol. The smallest absolute Gasteiger partial charge is 0.0623 e. The van der Waals surface area contributed by atoms with Crippen molar-refractivity contribution in [2.45, 2.75) is 50.9 Å². The van der Waals surface area contributed by atoms with Gasteiger partial charge in [0.15, 0.2) is 0 Å². The highest BCUT2D eigenvalue weighted by Crippen LogP contribution is 2.42. The maximum Gasteiger partial charge on any atom is 0.0623 e. The van der Waals surface area contributed by atoms with Crippen LogP contribution in [0, 0.1) is 11.8 Å². The summed E-state index contributed by atoms with van der Waals surface area (Å²) in [5.74, 6) is 1.46. The molecule has 3 aliphatic heterocycles. The van der Waals surface area contributed by atoms with Gasteiger partial charge in [-0.3, -0.25) is 0 Å². The molecule has 0 radical (unpaired) electrons. The van der Waals surface area contributed by atoms with E-state index in [9.17, 15) is 0 Å². The van der Waals surface area contributed by atoms with Crippen LogP contribution in [0.25, 0.3) is 0 Å². The molecule has 92 valence electrons. The summed E-state index contributed by atoms with van der Waals surface area (Å²) < 4.78 is 11.5. The van der Waals surface area contributed by atoms with Gasteiger partial charge in [-0.05, 0) is 32.2 Å². The number of nitrogens with one attached hydrogen (secondary N) is 1. The maximum absolute atomic E-state index is 5.99. The molecule has 5 unspecified atom stereocenters. The van der Waals surface area contributed by atoms with Crippen LogP contribution in [0.1, 0.15) is 32.6 Å². The van der Waals surface area contributed by atoms with E-state index in [-0.39, 0.29) is 0 Å². The lowest BCUT2D eigenvalue weighted by atomic mass is 9.78. The molecule has 2 bridgehead atoms. The van der Waals surface area contributed by atoms with E-state index < -0.39 is 0 Å². The summed E-state index contributed by atoms with van der Waals surface area (Å²) in [6.07, 6.45) is 6.18. The van der Waals surface area contributed by atoms with E-state index in [1.807, 2.05) is 0 Å². The highest BCUT2D eigenvalue weighted by atomic mass is 16.5. The van der Waals surface area contributed by atoms with Gasteiger partial charge in [-0.2, -0.15) is 0 Å². The first-order valence-corrected chi connectivity index (χ1v) is 6.85. The SMILES string of the molecule is CCNC(C1CCOC1)C1CC2CCC1O2. The molecule has 0 aromatic heterocycles. The molecular formula is C13H23NO2. The standard InChI is InChI=1S/C13H23NO2/c1-2-14-13(9-5-6-15-8-9)11-7-10-3-4-12(11)16-10/h9-14H,2-8H2,1H3. The van der Waals surface area contributed by atoms with Gasteiger partial charge in [0.25, 0.3) is 0 Å². The molecule has 16 heavy (non-hydrogen) atoms. The molecule has 0 saturated carbocycles. The molecule has 3 heteroatoms. The van der Waals surface area contributed by atoms with Crippen molar-refractivity contribution in [1.29, 1.82) is 0 Å². The summed E-state index contributed by atoms with van der Waals surface area (Å²) in [7, 11) is 0. The van der Waals surface area contributed by atoms with E-state index in [2.05, 4.69) is 12.2 Å². The van der Waals surface area contributed by atoms with E-state index in [1.54, 1.807) is 0 Å². The summed E-state index contributed by atoms with van der Waals surface area (Å²) >= 11 is 0. The van der Waals surface area contributed by atoms with Gasteiger partial charge in [-0.25, -0.2) is 0 Å². The van der Waals surface area contributed by atoms with Gasteiger partial charge in [0.1, 0.15) is 0 Å². The van der Waals surface area contributed by atoms with Crippen molar-refractivity contribution in [3.8, 4) is 0 Å². The number of ether oxygens (including phenoxy) is 2. The second-order valence-electron chi connectivity index (χ2n) is 5.48. The van der Waals surface area contributed by atoms with Crippen molar-refractivity contribution >= 4 is 0 Å². The normalized spacial score (nSPS) is 44.1. The van der Waals surface area contributed by atoms with Gasteiger partial charge < -0.3 is 14.8 Å². The Labute approximate surface area is 97.9 Å². The predicted molar refractivity (Wildman–Crippen MR) is 62.4 cm³/mol. The lowest BCUT2D eigenvalue weighted by Crippen LogP contribution is -2.46. The van der Waals surface area contributed by atoms with Crippen LogP contribution in [-0.4, -0.2) is 38.0 Å². The minimum atomic E-state index is 0.537. The predicted octanol–water partition coefficient (Wildman–Crippen LogP) is 1.57. The quantitative estimate of drug-likeness (QED) is 0.788. The van der Waals surface area contributed by atoms with Crippen LogP contribution < -0.4 is 5.32 Å². The van der Waals surface area contributed by atoms with E-state index in [4.69, 9.17) is 9.47 Å². The monoisotopic (exact) mass is 225 g/mol. The fraction of sp³-hybridized carbons (Fsp3) is 1.00. The summed E-state index contributed by atoms with van der Waals surface area (Å²) in [5, 5.41) is 3.69. The first-order chi connectivity index (χ1) is 7.88. The molecule has 1 N–H and O–H groups in total. The van der Waals surface area contributed by atoms with Crippen LogP contribution in [-0.2, 0) is 9.47 Å². The average molecular weight is 225 g/mol. The zero-order chi connectivity index (χ0) is 11.0. The minimum Gasteiger partial charge on any atom is -0.381 e. The highest BCUT2D eigenvalue weighted by molar-refractivity contribution is 4.97. The van der Waals surface area contributed by atoms with E-state index in [1.165, 1.54) is 25.7 Å². The van der Waals surface area contributed by atoms with Crippen LogP contribution in [0.5, 0.6) is 0 Å². The largest absolute Gasteiger partial charge is 0.381 e. The van der Waals surface area contributed by atoms with Gasteiger partial charge >= 0.3 is 0 Å². The molecule has 0 amide bonds. The summed E-state index contributed by atoms with van der Waals surface area (Å²) in [5.41, 5.74) is 0. The Morgan fingerprint density at radius 2 is 2.25 bits per heavy atom. The van der Waals surface area contributed by atoms with Gasteiger partial charge in [0.05, 0.1) is 18.8 Å². The third kappa shape index (κ3) is 1.89. The zero-order valence-electron chi connectivity index (χ0n) is 10.2. The van der Waals surface area contributed by atoms with Crippen LogP contribution in [0.3, 0.4) is 0 Å². The highest BCUT2D eigenvalue weighted by Gasteiger charge is 2.46. The second kappa shape index (κ2) is 4.63. The fourth-order valence-corrected chi connectivity index (χ4v) is 3.79. The zero-order valence-corrected chi connectivity index (χ0v) is 10.2. The fourth-order valence-electron chi connectivity index (χ4n) is 3.79. The Morgan fingerprint density at radius 3 is 2.81 bits per heavy atom. The van der Waals surface area contributed by atoms with E-state index in [0.717, 1.165) is 25.7 Å². The minimum absolute atomic E-state index is 0.537. The van der Waals surface area contributed by atoms with Crippen molar-refractivity contribution in [3.05, 3.63) is 0 Å². The molecule has 3 fully saturated rings. The van der Waals surface area contributed by atoms with Crippen LogP contribution in [0.15, 0.2) is 0 Å². The third-order valence-electron chi connectivity index (χ3n) is 4.53. The van der Waals surface area contributed by atoms with Crippen molar-refractivity contribution in [1.82, 2.24) is 5.32 Å². The first-order valence-electron chi connectivity index (χ1n) is 6.85. The Hall–Kier alpha value is -0.120. The molecule has 5 atom stereocenters. The molecule has 3 aliphatic rings.